The highest BCUT2D eigenvalue weighted by atomic mass is 16.2. The van der Waals surface area contributed by atoms with Crippen LogP contribution in [0.2, 0.25) is 0 Å². The second-order valence-electron chi connectivity index (χ2n) is 5.29. The van der Waals surface area contributed by atoms with Crippen molar-refractivity contribution in [1.29, 1.82) is 5.26 Å². The fourth-order valence-electron chi connectivity index (χ4n) is 2.92. The van der Waals surface area contributed by atoms with E-state index in [1.54, 1.807) is 35.5 Å². The van der Waals surface area contributed by atoms with Crippen LogP contribution in [-0.4, -0.2) is 33.4 Å². The summed E-state index contributed by atoms with van der Waals surface area (Å²) in [6.07, 6.45) is 7.47. The summed E-state index contributed by atoms with van der Waals surface area (Å²) in [5, 5.41) is 9.00. The van der Waals surface area contributed by atoms with E-state index in [2.05, 4.69) is 16.0 Å². The van der Waals surface area contributed by atoms with Crippen LogP contribution in [0.3, 0.4) is 0 Å². The van der Waals surface area contributed by atoms with Crippen molar-refractivity contribution >= 4 is 16.9 Å². The van der Waals surface area contributed by atoms with Crippen molar-refractivity contribution in [3.63, 3.8) is 0 Å². The van der Waals surface area contributed by atoms with E-state index in [-0.39, 0.29) is 18.5 Å². The van der Waals surface area contributed by atoms with Gasteiger partial charge in [-0.15, -0.1) is 0 Å². The number of amides is 1. The molecular weight excluding hydrogens is 264 g/mol. The Balaban J connectivity index is 1.91. The van der Waals surface area contributed by atoms with Crippen LogP contribution in [0.1, 0.15) is 36.0 Å². The fourth-order valence-corrected chi connectivity index (χ4v) is 2.92. The molecule has 1 aliphatic rings. The van der Waals surface area contributed by atoms with Gasteiger partial charge in [-0.25, -0.2) is 0 Å². The number of carbonyl (C=O) groups excluding carboxylic acids is 1. The van der Waals surface area contributed by atoms with Crippen molar-refractivity contribution in [2.75, 3.05) is 6.54 Å². The molecule has 0 radical (unpaired) electrons. The first-order valence-electron chi connectivity index (χ1n) is 7.18. The van der Waals surface area contributed by atoms with Crippen LogP contribution in [0.15, 0.2) is 30.6 Å². The van der Waals surface area contributed by atoms with Crippen LogP contribution in [0.25, 0.3) is 11.0 Å². The number of fused-ring (bicyclic) bond motifs is 1. The van der Waals surface area contributed by atoms with Gasteiger partial charge in [0.1, 0.15) is 6.54 Å². The van der Waals surface area contributed by atoms with E-state index in [9.17, 15) is 4.79 Å². The lowest BCUT2D eigenvalue weighted by Gasteiger charge is -2.26. The van der Waals surface area contributed by atoms with Gasteiger partial charge in [0, 0.05) is 24.0 Å². The summed E-state index contributed by atoms with van der Waals surface area (Å²) in [5.74, 6) is -0.0870. The lowest BCUT2D eigenvalue weighted by atomic mass is 10.1. The molecule has 0 spiro atoms. The number of hydrogen-bond donors (Lipinski definition) is 0. The molecule has 0 bridgehead atoms. The third kappa shape index (κ3) is 2.70. The summed E-state index contributed by atoms with van der Waals surface area (Å²) in [6, 6.07) is 7.62. The Hall–Kier alpha value is -2.48. The van der Waals surface area contributed by atoms with Crippen molar-refractivity contribution in [2.24, 2.45) is 0 Å². The van der Waals surface area contributed by atoms with Gasteiger partial charge in [-0.1, -0.05) is 12.8 Å². The topological polar surface area (TPSA) is 69.9 Å². The van der Waals surface area contributed by atoms with Crippen LogP contribution in [0.4, 0.5) is 0 Å². The number of aromatic nitrogens is 2. The second kappa shape index (κ2) is 5.88. The summed E-state index contributed by atoms with van der Waals surface area (Å²) in [4.78, 5) is 22.8. The fraction of sp³-hybridized carbons (Fsp3) is 0.375. The molecular formula is C16H16N4O. The predicted octanol–water partition coefficient (Wildman–Crippen LogP) is 2.54. The number of benzene rings is 1. The minimum Gasteiger partial charge on any atom is -0.322 e. The average molecular weight is 280 g/mol. The maximum Gasteiger partial charge on any atom is 0.255 e. The third-order valence-corrected chi connectivity index (χ3v) is 3.98. The molecule has 106 valence electrons. The highest BCUT2D eigenvalue weighted by Crippen LogP contribution is 2.25. The molecule has 1 fully saturated rings. The summed E-state index contributed by atoms with van der Waals surface area (Å²) >= 11 is 0. The smallest absolute Gasteiger partial charge is 0.255 e. The van der Waals surface area contributed by atoms with Gasteiger partial charge in [0.25, 0.3) is 5.91 Å². The lowest BCUT2D eigenvalue weighted by molar-refractivity contribution is 0.0709. The van der Waals surface area contributed by atoms with Crippen LogP contribution < -0.4 is 0 Å². The van der Waals surface area contributed by atoms with E-state index < -0.39 is 0 Å². The molecule has 1 amide bonds. The van der Waals surface area contributed by atoms with Crippen LogP contribution in [-0.2, 0) is 0 Å². The highest BCUT2D eigenvalue weighted by Gasteiger charge is 2.27. The molecule has 0 atom stereocenters. The largest absolute Gasteiger partial charge is 0.322 e. The standard InChI is InChI=1S/C16H16N4O/c17-7-10-20(13-3-1-2-4-13)16(21)12-5-6-14-15(11-12)19-9-8-18-14/h5-6,8-9,11,13H,1-4,10H2. The Labute approximate surface area is 123 Å². The normalized spacial score (nSPS) is 15.0. The Morgan fingerprint density at radius 1 is 1.24 bits per heavy atom. The van der Waals surface area contributed by atoms with Gasteiger partial charge in [0.15, 0.2) is 0 Å². The van der Waals surface area contributed by atoms with Gasteiger partial charge in [-0.2, -0.15) is 5.26 Å². The van der Waals surface area contributed by atoms with E-state index in [4.69, 9.17) is 5.26 Å². The predicted molar refractivity (Wildman–Crippen MR) is 78.4 cm³/mol. The summed E-state index contributed by atoms with van der Waals surface area (Å²) in [5.41, 5.74) is 2.04. The van der Waals surface area contributed by atoms with Gasteiger partial charge < -0.3 is 4.90 Å². The van der Waals surface area contributed by atoms with Crippen LogP contribution in [0, 0.1) is 11.3 Å². The first kappa shape index (κ1) is 13.5. The molecule has 2 aromatic rings. The zero-order chi connectivity index (χ0) is 14.7. The number of rotatable bonds is 3. The minimum atomic E-state index is -0.0870. The van der Waals surface area contributed by atoms with Gasteiger partial charge in [-0.05, 0) is 31.0 Å². The zero-order valence-electron chi connectivity index (χ0n) is 11.7. The quantitative estimate of drug-likeness (QED) is 0.810. The molecule has 5 nitrogen and oxygen atoms in total. The molecule has 5 heteroatoms. The van der Waals surface area contributed by atoms with Gasteiger partial charge in [-0.3, -0.25) is 14.8 Å². The SMILES string of the molecule is N#CCN(C(=O)c1ccc2nccnc2c1)C1CCCC1. The molecule has 1 heterocycles. The van der Waals surface area contributed by atoms with Crippen molar-refractivity contribution < 1.29 is 4.79 Å². The van der Waals surface area contributed by atoms with Crippen molar-refractivity contribution in [1.82, 2.24) is 14.9 Å². The van der Waals surface area contributed by atoms with Gasteiger partial charge in [0.2, 0.25) is 0 Å². The maximum absolute atomic E-state index is 12.7. The molecule has 21 heavy (non-hydrogen) atoms. The summed E-state index contributed by atoms with van der Waals surface area (Å²) in [7, 11) is 0. The van der Waals surface area contributed by atoms with E-state index in [0.29, 0.717) is 11.1 Å². The Morgan fingerprint density at radius 3 is 2.67 bits per heavy atom. The summed E-state index contributed by atoms with van der Waals surface area (Å²) in [6.45, 7) is 0.141. The number of hydrogen-bond acceptors (Lipinski definition) is 4. The van der Waals surface area contributed by atoms with Crippen molar-refractivity contribution in [3.8, 4) is 6.07 Å². The average Bonchev–Trinajstić information content (AvgIpc) is 3.05. The summed E-state index contributed by atoms with van der Waals surface area (Å²) < 4.78 is 0. The number of nitriles is 1. The Bertz CT molecular complexity index is 701. The molecule has 0 aliphatic heterocycles. The zero-order valence-corrected chi connectivity index (χ0v) is 11.7. The first-order chi connectivity index (χ1) is 10.3. The molecule has 1 aliphatic carbocycles. The lowest BCUT2D eigenvalue weighted by Crippen LogP contribution is -2.39. The highest BCUT2D eigenvalue weighted by molar-refractivity contribution is 5.97. The monoisotopic (exact) mass is 280 g/mol. The van der Waals surface area contributed by atoms with Gasteiger partial charge >= 0.3 is 0 Å². The van der Waals surface area contributed by atoms with Crippen molar-refractivity contribution in [2.45, 2.75) is 31.7 Å². The van der Waals surface area contributed by atoms with E-state index >= 15 is 0 Å². The van der Waals surface area contributed by atoms with Crippen LogP contribution in [0.5, 0.6) is 0 Å². The number of carbonyl (C=O) groups is 1. The molecule has 0 saturated heterocycles. The Morgan fingerprint density at radius 2 is 1.95 bits per heavy atom. The Kier molecular flexibility index (Phi) is 3.78. The first-order valence-corrected chi connectivity index (χ1v) is 7.18. The third-order valence-electron chi connectivity index (χ3n) is 3.98. The molecule has 1 aromatic heterocycles. The molecule has 1 aromatic carbocycles. The van der Waals surface area contributed by atoms with E-state index in [0.717, 1.165) is 31.2 Å². The maximum atomic E-state index is 12.7. The molecule has 3 rings (SSSR count). The second-order valence-corrected chi connectivity index (χ2v) is 5.29. The minimum absolute atomic E-state index is 0.0870. The van der Waals surface area contributed by atoms with E-state index in [1.807, 2.05) is 0 Å². The molecule has 0 unspecified atom stereocenters. The van der Waals surface area contributed by atoms with Crippen molar-refractivity contribution in [3.05, 3.63) is 36.2 Å². The van der Waals surface area contributed by atoms with E-state index in [1.165, 1.54) is 0 Å². The van der Waals surface area contributed by atoms with Crippen LogP contribution >= 0.6 is 0 Å². The number of nitrogens with zero attached hydrogens (tertiary/aromatic N) is 4. The molecule has 0 N–H and O–H groups in total. The molecule has 1 saturated carbocycles. The van der Waals surface area contributed by atoms with Gasteiger partial charge in [0.05, 0.1) is 17.1 Å².